The van der Waals surface area contributed by atoms with E-state index in [9.17, 15) is 0 Å². The van der Waals surface area contributed by atoms with Crippen LogP contribution in [0, 0.1) is 0 Å². The molecule has 0 spiro atoms. The molecule has 0 N–H and O–H groups in total. The molecule has 23 heavy (non-hydrogen) atoms. The molecule has 119 valence electrons. The van der Waals surface area contributed by atoms with E-state index in [0.717, 1.165) is 29.6 Å². The Labute approximate surface area is 140 Å². The summed E-state index contributed by atoms with van der Waals surface area (Å²) in [7, 11) is 5.80. The lowest BCUT2D eigenvalue weighted by atomic mass is 9.74. The number of aromatic nitrogens is 1. The Bertz CT molecular complexity index is 653. The van der Waals surface area contributed by atoms with Gasteiger partial charge in [0.2, 0.25) is 5.88 Å². The van der Waals surface area contributed by atoms with E-state index in [-0.39, 0.29) is 0 Å². The minimum atomic E-state index is 0.645. The molecule has 0 amide bonds. The number of pyridine rings is 1. The summed E-state index contributed by atoms with van der Waals surface area (Å²) in [5, 5.41) is 0. The Morgan fingerprint density at radius 2 is 1.96 bits per heavy atom. The van der Waals surface area contributed by atoms with Gasteiger partial charge in [0.25, 0.3) is 0 Å². The van der Waals surface area contributed by atoms with Gasteiger partial charge >= 0.3 is 0 Å². The minimum absolute atomic E-state index is 0.645. The predicted molar refractivity (Wildman–Crippen MR) is 101 cm³/mol. The van der Waals surface area contributed by atoms with E-state index in [4.69, 9.17) is 4.74 Å². The molecule has 0 aliphatic heterocycles. The molecule has 1 heterocycles. The van der Waals surface area contributed by atoms with E-state index in [2.05, 4.69) is 60.3 Å². The molecule has 2 aromatic rings. The van der Waals surface area contributed by atoms with E-state index < -0.39 is 0 Å². The van der Waals surface area contributed by atoms with Crippen LogP contribution in [-0.2, 0) is 0 Å². The largest absolute Gasteiger partial charge is 0.481 e. The van der Waals surface area contributed by atoms with Crippen molar-refractivity contribution in [3.8, 4) is 5.88 Å². The molecule has 3 nitrogen and oxygen atoms in total. The van der Waals surface area contributed by atoms with Gasteiger partial charge in [-0.1, -0.05) is 43.5 Å². The van der Waals surface area contributed by atoms with Crippen molar-refractivity contribution in [1.82, 2.24) is 4.98 Å². The van der Waals surface area contributed by atoms with Crippen molar-refractivity contribution in [2.24, 2.45) is 0 Å². The lowest BCUT2D eigenvalue weighted by molar-refractivity contribution is 0.397. The van der Waals surface area contributed by atoms with Gasteiger partial charge in [-0.15, -0.1) is 0 Å². The van der Waals surface area contributed by atoms with Gasteiger partial charge in [0, 0.05) is 31.0 Å². The molecule has 0 bridgehead atoms. The van der Waals surface area contributed by atoms with Crippen LogP contribution in [0.15, 0.2) is 36.5 Å². The van der Waals surface area contributed by atoms with E-state index >= 15 is 0 Å². The van der Waals surface area contributed by atoms with Crippen LogP contribution in [0.3, 0.4) is 0 Å². The van der Waals surface area contributed by atoms with Crippen molar-refractivity contribution in [3.05, 3.63) is 47.7 Å². The third-order valence-corrected chi connectivity index (χ3v) is 3.77. The zero-order valence-electron chi connectivity index (χ0n) is 14.4. The molecule has 2 rings (SSSR count). The number of hydrogen-bond donors (Lipinski definition) is 0. The zero-order chi connectivity index (χ0) is 16.7. The second-order valence-corrected chi connectivity index (χ2v) is 5.50. The lowest BCUT2D eigenvalue weighted by Crippen LogP contribution is -2.17. The molecule has 1 aromatic heterocycles. The Hall–Kier alpha value is -2.23. The molecule has 0 saturated heterocycles. The fourth-order valence-corrected chi connectivity index (χ4v) is 2.42. The maximum atomic E-state index is 5.33. The molecule has 0 aliphatic carbocycles. The third-order valence-electron chi connectivity index (χ3n) is 3.77. The van der Waals surface area contributed by atoms with Crippen LogP contribution in [0.5, 0.6) is 5.88 Å². The van der Waals surface area contributed by atoms with Crippen LogP contribution in [-0.4, -0.2) is 33.0 Å². The number of benzene rings is 1. The molecule has 0 fully saturated rings. The van der Waals surface area contributed by atoms with Crippen LogP contribution in [0.2, 0.25) is 6.82 Å². The first-order valence-corrected chi connectivity index (χ1v) is 8.00. The number of hydrogen-bond acceptors (Lipinski definition) is 3. The number of nitrogens with zero attached hydrogens (tertiary/aromatic N) is 2. The summed E-state index contributed by atoms with van der Waals surface area (Å²) >= 11 is 0. The summed E-state index contributed by atoms with van der Waals surface area (Å²) in [6.45, 7) is 5.26. The van der Waals surface area contributed by atoms with Gasteiger partial charge in [-0.25, -0.2) is 4.98 Å². The number of ether oxygens (including phenoxy) is 1. The Morgan fingerprint density at radius 1 is 1.22 bits per heavy atom. The highest BCUT2D eigenvalue weighted by atomic mass is 16.5. The average molecular weight is 307 g/mol. The van der Waals surface area contributed by atoms with Gasteiger partial charge in [0.15, 0.2) is 0 Å². The van der Waals surface area contributed by atoms with E-state index in [0.29, 0.717) is 5.88 Å². The summed E-state index contributed by atoms with van der Waals surface area (Å²) in [4.78, 5) is 6.59. The Morgan fingerprint density at radius 3 is 2.57 bits per heavy atom. The molecule has 0 unspecified atom stereocenters. The first-order valence-electron chi connectivity index (χ1n) is 8.00. The van der Waals surface area contributed by atoms with Gasteiger partial charge in [-0.2, -0.15) is 0 Å². The molecule has 0 atom stereocenters. The zero-order valence-corrected chi connectivity index (χ0v) is 14.4. The van der Waals surface area contributed by atoms with Crippen molar-refractivity contribution in [2.75, 3.05) is 25.6 Å². The minimum Gasteiger partial charge on any atom is -0.481 e. The monoisotopic (exact) mass is 307 g/mol. The highest BCUT2D eigenvalue weighted by Crippen LogP contribution is 2.18. The summed E-state index contributed by atoms with van der Waals surface area (Å²) in [6.07, 6.45) is 7.09. The number of anilines is 1. The maximum absolute atomic E-state index is 5.33. The molecule has 4 heteroatoms. The quantitative estimate of drug-likeness (QED) is 0.732. The Balaban J connectivity index is 2.17. The molecule has 0 saturated carbocycles. The van der Waals surface area contributed by atoms with Crippen molar-refractivity contribution in [1.29, 1.82) is 0 Å². The first kappa shape index (κ1) is 17.1. The van der Waals surface area contributed by atoms with Crippen molar-refractivity contribution >= 4 is 30.6 Å². The van der Waals surface area contributed by atoms with Crippen molar-refractivity contribution in [2.45, 2.75) is 20.2 Å². The van der Waals surface area contributed by atoms with Crippen molar-refractivity contribution < 1.29 is 4.74 Å². The highest BCUT2D eigenvalue weighted by molar-refractivity contribution is 6.51. The second kappa shape index (κ2) is 8.42. The average Bonchev–Trinajstić information content (AvgIpc) is 2.60. The van der Waals surface area contributed by atoms with E-state index in [1.165, 1.54) is 5.69 Å². The SMILES string of the molecule is C[B]c1cnc(OC)c(/C=C/c2ccc(N(C)CCC)cc2)c1. The van der Waals surface area contributed by atoms with Crippen LogP contribution in [0.4, 0.5) is 5.69 Å². The Kier molecular flexibility index (Phi) is 6.27. The molecule has 1 aromatic carbocycles. The van der Waals surface area contributed by atoms with E-state index in [1.807, 2.05) is 26.4 Å². The predicted octanol–water partition coefficient (Wildman–Crippen LogP) is 3.48. The number of rotatable bonds is 7. The van der Waals surface area contributed by atoms with Gasteiger partial charge in [-0.05, 0) is 30.2 Å². The normalized spacial score (nSPS) is 10.8. The summed E-state index contributed by atoms with van der Waals surface area (Å²) in [5.74, 6) is 0.645. The fourth-order valence-electron chi connectivity index (χ4n) is 2.42. The summed E-state index contributed by atoms with van der Waals surface area (Å²) in [5.41, 5.74) is 4.47. The molecular weight excluding hydrogens is 283 g/mol. The lowest BCUT2D eigenvalue weighted by Gasteiger charge is -2.18. The molecular formula is C19H24BN2O. The topological polar surface area (TPSA) is 25.4 Å². The molecule has 0 aliphatic rings. The van der Waals surface area contributed by atoms with Crippen LogP contribution in [0.25, 0.3) is 12.2 Å². The van der Waals surface area contributed by atoms with Crippen LogP contribution < -0.4 is 15.1 Å². The van der Waals surface area contributed by atoms with Crippen LogP contribution >= 0.6 is 0 Å². The van der Waals surface area contributed by atoms with Crippen molar-refractivity contribution in [3.63, 3.8) is 0 Å². The van der Waals surface area contributed by atoms with Gasteiger partial charge in [0.05, 0.1) is 7.11 Å². The smallest absolute Gasteiger partial charge is 0.220 e. The van der Waals surface area contributed by atoms with Gasteiger partial charge < -0.3 is 9.64 Å². The third kappa shape index (κ3) is 4.62. The highest BCUT2D eigenvalue weighted by Gasteiger charge is 2.03. The maximum Gasteiger partial charge on any atom is 0.220 e. The number of methoxy groups -OCH3 is 1. The van der Waals surface area contributed by atoms with Crippen LogP contribution in [0.1, 0.15) is 24.5 Å². The fraction of sp³-hybridized carbons (Fsp3) is 0.316. The van der Waals surface area contributed by atoms with Gasteiger partial charge in [-0.3, -0.25) is 0 Å². The standard InChI is InChI=1S/C19H24BN2O/c1-5-12-22(3)18-10-7-15(8-11-18)6-9-16-13-17(20-2)14-21-19(16)23-4/h6-11,13-14H,5,12H2,1-4H3/b9-6+. The summed E-state index contributed by atoms with van der Waals surface area (Å²) < 4.78 is 5.33. The van der Waals surface area contributed by atoms with E-state index in [1.54, 1.807) is 7.11 Å². The molecule has 1 radical (unpaired) electrons. The summed E-state index contributed by atoms with van der Waals surface area (Å²) in [6, 6.07) is 10.6. The second-order valence-electron chi connectivity index (χ2n) is 5.50. The van der Waals surface area contributed by atoms with Gasteiger partial charge in [0.1, 0.15) is 7.28 Å². The first-order chi connectivity index (χ1) is 11.2.